The Balaban J connectivity index is 2.44. The van der Waals surface area contributed by atoms with Crippen molar-refractivity contribution in [3.05, 3.63) is 58.9 Å². The number of fused-ring (bicyclic) bond motifs is 1. The lowest BCUT2D eigenvalue weighted by Crippen LogP contribution is -1.88. The number of aromatic amines is 1. The smallest absolute Gasteiger partial charge is 0.102 e. The van der Waals surface area contributed by atoms with Crippen molar-refractivity contribution in [1.82, 2.24) is 4.98 Å². The SMILES string of the molecule is Cc1[nH]c(C)c(-c2ccc(C#N)c3ccccc23)c1C#N. The van der Waals surface area contributed by atoms with Crippen molar-refractivity contribution in [1.29, 1.82) is 10.5 Å². The van der Waals surface area contributed by atoms with Gasteiger partial charge in [0.25, 0.3) is 0 Å². The molecule has 0 spiro atoms. The van der Waals surface area contributed by atoms with E-state index in [1.807, 2.05) is 50.2 Å². The van der Waals surface area contributed by atoms with Crippen LogP contribution >= 0.6 is 0 Å². The van der Waals surface area contributed by atoms with Crippen LogP contribution in [0.2, 0.25) is 0 Å². The third kappa shape index (κ3) is 1.88. The fourth-order valence-corrected chi connectivity index (χ4v) is 2.87. The number of rotatable bonds is 1. The van der Waals surface area contributed by atoms with Crippen LogP contribution in [0.4, 0.5) is 0 Å². The zero-order valence-electron chi connectivity index (χ0n) is 11.9. The maximum Gasteiger partial charge on any atom is 0.102 e. The van der Waals surface area contributed by atoms with E-state index >= 15 is 0 Å². The van der Waals surface area contributed by atoms with E-state index in [0.717, 1.165) is 33.3 Å². The second kappa shape index (κ2) is 4.81. The highest BCUT2D eigenvalue weighted by Gasteiger charge is 2.17. The first-order chi connectivity index (χ1) is 10.2. The molecule has 0 saturated heterocycles. The van der Waals surface area contributed by atoms with E-state index < -0.39 is 0 Å². The summed E-state index contributed by atoms with van der Waals surface area (Å²) in [7, 11) is 0. The number of aryl methyl sites for hydroxylation is 2. The number of nitrogens with zero attached hydrogens (tertiary/aromatic N) is 2. The Morgan fingerprint density at radius 1 is 0.857 bits per heavy atom. The van der Waals surface area contributed by atoms with E-state index in [4.69, 9.17) is 0 Å². The molecule has 3 heteroatoms. The number of aromatic nitrogens is 1. The molecule has 0 aliphatic heterocycles. The molecule has 0 radical (unpaired) electrons. The molecule has 3 rings (SSSR count). The highest BCUT2D eigenvalue weighted by atomic mass is 14.7. The Kier molecular flexibility index (Phi) is 2.97. The van der Waals surface area contributed by atoms with Crippen molar-refractivity contribution in [2.24, 2.45) is 0 Å². The van der Waals surface area contributed by atoms with Crippen molar-refractivity contribution >= 4 is 10.8 Å². The van der Waals surface area contributed by atoms with E-state index in [1.165, 1.54) is 0 Å². The van der Waals surface area contributed by atoms with Gasteiger partial charge in [-0.1, -0.05) is 30.3 Å². The van der Waals surface area contributed by atoms with E-state index in [9.17, 15) is 10.5 Å². The van der Waals surface area contributed by atoms with Gasteiger partial charge in [0.1, 0.15) is 6.07 Å². The Morgan fingerprint density at radius 2 is 1.57 bits per heavy atom. The van der Waals surface area contributed by atoms with Crippen molar-refractivity contribution in [2.75, 3.05) is 0 Å². The third-order valence-corrected chi connectivity index (χ3v) is 3.80. The molecule has 0 fully saturated rings. The van der Waals surface area contributed by atoms with Gasteiger partial charge in [-0.25, -0.2) is 0 Å². The Labute approximate surface area is 123 Å². The first-order valence-electron chi connectivity index (χ1n) is 6.69. The van der Waals surface area contributed by atoms with Crippen LogP contribution in [0.15, 0.2) is 36.4 Å². The van der Waals surface area contributed by atoms with Crippen LogP contribution in [0.25, 0.3) is 21.9 Å². The van der Waals surface area contributed by atoms with E-state index in [0.29, 0.717) is 11.1 Å². The molecule has 0 unspecified atom stereocenters. The first kappa shape index (κ1) is 13.0. The molecule has 1 N–H and O–H groups in total. The van der Waals surface area contributed by atoms with Crippen molar-refractivity contribution in [3.63, 3.8) is 0 Å². The number of H-pyrrole nitrogens is 1. The van der Waals surface area contributed by atoms with Crippen LogP contribution in [0, 0.1) is 36.5 Å². The second-order valence-corrected chi connectivity index (χ2v) is 5.05. The average molecular weight is 271 g/mol. The fraction of sp³-hybridized carbons (Fsp3) is 0.111. The summed E-state index contributed by atoms with van der Waals surface area (Å²) in [5.41, 5.74) is 5.08. The number of nitrogens with one attached hydrogen (secondary N) is 1. The summed E-state index contributed by atoms with van der Waals surface area (Å²) in [6, 6.07) is 16.1. The number of hydrogen-bond acceptors (Lipinski definition) is 2. The first-order valence-corrected chi connectivity index (χ1v) is 6.69. The molecule has 0 aliphatic rings. The minimum absolute atomic E-state index is 0.651. The van der Waals surface area contributed by atoms with E-state index in [2.05, 4.69) is 17.1 Å². The highest BCUT2D eigenvalue weighted by molar-refractivity contribution is 6.01. The normalized spacial score (nSPS) is 10.3. The standard InChI is InChI=1S/C18H13N3/c1-11-17(10-20)18(12(2)21-11)16-8-7-13(9-19)14-5-3-4-6-15(14)16/h3-8,21H,1-2H3. The lowest BCUT2D eigenvalue weighted by molar-refractivity contribution is 1.18. The summed E-state index contributed by atoms with van der Waals surface area (Å²) in [5.74, 6) is 0. The third-order valence-electron chi connectivity index (χ3n) is 3.80. The summed E-state index contributed by atoms with van der Waals surface area (Å²) in [6.07, 6.45) is 0. The predicted octanol–water partition coefficient (Wildman–Crippen LogP) is 4.20. The van der Waals surface area contributed by atoms with Gasteiger partial charge in [0.15, 0.2) is 0 Å². The van der Waals surface area contributed by atoms with Crippen LogP contribution in [0.5, 0.6) is 0 Å². The van der Waals surface area contributed by atoms with Gasteiger partial charge in [0.2, 0.25) is 0 Å². The Morgan fingerprint density at radius 3 is 2.24 bits per heavy atom. The minimum Gasteiger partial charge on any atom is -0.361 e. The quantitative estimate of drug-likeness (QED) is 0.721. The molecule has 3 nitrogen and oxygen atoms in total. The van der Waals surface area contributed by atoms with Crippen molar-refractivity contribution < 1.29 is 0 Å². The Hall–Kier alpha value is -3.04. The topological polar surface area (TPSA) is 63.4 Å². The summed E-state index contributed by atoms with van der Waals surface area (Å²) in [4.78, 5) is 3.23. The van der Waals surface area contributed by atoms with Crippen molar-refractivity contribution in [3.8, 4) is 23.3 Å². The van der Waals surface area contributed by atoms with Gasteiger partial charge >= 0.3 is 0 Å². The van der Waals surface area contributed by atoms with Crippen LogP contribution in [0.3, 0.4) is 0 Å². The van der Waals surface area contributed by atoms with Gasteiger partial charge in [-0.3, -0.25) is 0 Å². The van der Waals surface area contributed by atoms with Crippen molar-refractivity contribution in [2.45, 2.75) is 13.8 Å². The van der Waals surface area contributed by atoms with Gasteiger partial charge in [0, 0.05) is 22.3 Å². The molecule has 0 bridgehead atoms. The molecule has 21 heavy (non-hydrogen) atoms. The molecular weight excluding hydrogens is 258 g/mol. The van der Waals surface area contributed by atoms with E-state index in [1.54, 1.807) is 0 Å². The van der Waals surface area contributed by atoms with Crippen LogP contribution in [-0.4, -0.2) is 4.98 Å². The van der Waals surface area contributed by atoms with Gasteiger partial charge in [0.05, 0.1) is 17.2 Å². The molecule has 0 amide bonds. The number of benzene rings is 2. The van der Waals surface area contributed by atoms with Crippen LogP contribution in [-0.2, 0) is 0 Å². The lowest BCUT2D eigenvalue weighted by atomic mass is 9.93. The molecule has 100 valence electrons. The van der Waals surface area contributed by atoms with Crippen LogP contribution in [0.1, 0.15) is 22.5 Å². The maximum absolute atomic E-state index is 9.42. The zero-order valence-corrected chi connectivity index (χ0v) is 11.9. The summed E-state index contributed by atoms with van der Waals surface area (Å²) >= 11 is 0. The molecule has 2 aromatic carbocycles. The molecule has 3 aromatic rings. The summed E-state index contributed by atoms with van der Waals surface area (Å²) in [6.45, 7) is 3.87. The average Bonchev–Trinajstić information content (AvgIpc) is 2.79. The van der Waals surface area contributed by atoms with Gasteiger partial charge in [-0.2, -0.15) is 10.5 Å². The minimum atomic E-state index is 0.651. The van der Waals surface area contributed by atoms with Gasteiger partial charge in [-0.15, -0.1) is 0 Å². The van der Waals surface area contributed by atoms with Crippen LogP contribution < -0.4 is 0 Å². The maximum atomic E-state index is 9.42. The van der Waals surface area contributed by atoms with Gasteiger partial charge in [-0.05, 0) is 30.9 Å². The summed E-state index contributed by atoms with van der Waals surface area (Å²) in [5, 5.41) is 20.6. The Bertz CT molecular complexity index is 933. The lowest BCUT2D eigenvalue weighted by Gasteiger charge is -2.08. The molecule has 0 saturated carbocycles. The monoisotopic (exact) mass is 271 g/mol. The largest absolute Gasteiger partial charge is 0.361 e. The number of nitriles is 2. The molecule has 1 heterocycles. The highest BCUT2D eigenvalue weighted by Crippen LogP contribution is 2.35. The number of hydrogen-bond donors (Lipinski definition) is 1. The van der Waals surface area contributed by atoms with E-state index in [-0.39, 0.29) is 0 Å². The summed E-state index contributed by atoms with van der Waals surface area (Å²) < 4.78 is 0. The molecule has 0 atom stereocenters. The molecule has 0 aliphatic carbocycles. The predicted molar refractivity (Wildman–Crippen MR) is 82.6 cm³/mol. The van der Waals surface area contributed by atoms with Gasteiger partial charge < -0.3 is 4.98 Å². The second-order valence-electron chi connectivity index (χ2n) is 5.05. The molecular formula is C18H13N3. The zero-order chi connectivity index (χ0) is 15.0. The fourth-order valence-electron chi connectivity index (χ4n) is 2.87. The molecule has 1 aromatic heterocycles.